The summed E-state index contributed by atoms with van der Waals surface area (Å²) in [5.74, 6) is -0.997. The Balaban J connectivity index is 3.36. The Bertz CT molecular complexity index is 351. The lowest BCUT2D eigenvalue weighted by molar-refractivity contribution is 0.104. The van der Waals surface area contributed by atoms with E-state index in [4.69, 9.17) is 0 Å². The topological polar surface area (TPSA) is 17.1 Å². The van der Waals surface area contributed by atoms with Gasteiger partial charge in [0.1, 0.15) is 5.82 Å². The number of halogens is 3. The fourth-order valence-electron chi connectivity index (χ4n) is 0.880. The monoisotopic (exact) mass is 306 g/mol. The van der Waals surface area contributed by atoms with Crippen molar-refractivity contribution < 1.29 is 9.18 Å². The van der Waals surface area contributed by atoms with Crippen molar-refractivity contribution in [1.82, 2.24) is 0 Å². The van der Waals surface area contributed by atoms with Crippen molar-refractivity contribution in [2.45, 2.75) is 0 Å². The first-order valence-electron chi connectivity index (χ1n) is 3.37. The Morgan fingerprint density at radius 3 is 2.54 bits per heavy atom. The van der Waals surface area contributed by atoms with E-state index in [0.29, 0.717) is 8.95 Å². The molecule has 0 atom stereocenters. The number of rotatable bonds is 2. The Labute approximate surface area is 91.9 Å². The van der Waals surface area contributed by atoms with Crippen molar-refractivity contribution >= 4 is 37.6 Å². The van der Waals surface area contributed by atoms with Crippen LogP contribution in [0, 0.1) is 5.82 Å². The van der Waals surface area contributed by atoms with E-state index < -0.39 is 11.6 Å². The fourth-order valence-corrected chi connectivity index (χ4v) is 2.25. The van der Waals surface area contributed by atoms with Crippen LogP contribution < -0.4 is 0 Å². The third-order valence-electron chi connectivity index (χ3n) is 1.44. The van der Waals surface area contributed by atoms with Crippen LogP contribution in [0.25, 0.3) is 0 Å². The van der Waals surface area contributed by atoms with Crippen LogP contribution in [0.4, 0.5) is 4.39 Å². The second-order valence-electron chi connectivity index (χ2n) is 2.31. The number of ketones is 1. The van der Waals surface area contributed by atoms with E-state index in [1.54, 1.807) is 6.07 Å². The predicted octanol–water partition coefficient (Wildman–Crippen LogP) is 3.72. The summed E-state index contributed by atoms with van der Waals surface area (Å²) in [7, 11) is 0. The Kier molecular flexibility index (Phi) is 3.39. The maximum absolute atomic E-state index is 13.2. The third-order valence-corrected chi connectivity index (χ3v) is 2.52. The van der Waals surface area contributed by atoms with E-state index in [1.807, 2.05) is 0 Å². The number of hydrogen-bond acceptors (Lipinski definition) is 1. The summed E-state index contributed by atoms with van der Waals surface area (Å²) in [6, 6.07) is 2.85. The Hall–Kier alpha value is -0.480. The van der Waals surface area contributed by atoms with Gasteiger partial charge < -0.3 is 0 Å². The molecule has 4 heteroatoms. The zero-order chi connectivity index (χ0) is 10.0. The fraction of sp³-hybridized carbons (Fsp3) is 0. The number of benzene rings is 1. The minimum Gasteiger partial charge on any atom is -0.289 e. The molecule has 1 rings (SSSR count). The van der Waals surface area contributed by atoms with E-state index >= 15 is 0 Å². The summed E-state index contributed by atoms with van der Waals surface area (Å²) in [5, 5.41) is 0. The van der Waals surface area contributed by atoms with Crippen molar-refractivity contribution in [1.29, 1.82) is 0 Å². The van der Waals surface area contributed by atoms with E-state index in [2.05, 4.69) is 38.4 Å². The van der Waals surface area contributed by atoms with Crippen LogP contribution in [0.3, 0.4) is 0 Å². The van der Waals surface area contributed by atoms with E-state index in [1.165, 1.54) is 6.07 Å². The molecule has 0 aliphatic carbocycles. The molecule has 0 unspecified atom stereocenters. The maximum Gasteiger partial charge on any atom is 0.189 e. The van der Waals surface area contributed by atoms with E-state index in [0.717, 1.165) is 6.08 Å². The Morgan fingerprint density at radius 1 is 1.46 bits per heavy atom. The molecular weight excluding hydrogens is 303 g/mol. The third kappa shape index (κ3) is 2.25. The average Bonchev–Trinajstić information content (AvgIpc) is 2.02. The average molecular weight is 308 g/mol. The van der Waals surface area contributed by atoms with Gasteiger partial charge in [0.2, 0.25) is 0 Å². The first-order valence-corrected chi connectivity index (χ1v) is 4.96. The highest BCUT2D eigenvalue weighted by Crippen LogP contribution is 2.25. The molecule has 1 nitrogen and oxygen atoms in total. The molecule has 1 aromatic carbocycles. The summed E-state index contributed by atoms with van der Waals surface area (Å²) in [6.07, 6.45) is 1.08. The highest BCUT2D eigenvalue weighted by molar-refractivity contribution is 9.11. The van der Waals surface area contributed by atoms with Crippen LogP contribution in [0.1, 0.15) is 10.4 Å². The minimum atomic E-state index is -0.564. The highest BCUT2D eigenvalue weighted by atomic mass is 79.9. The molecule has 0 heterocycles. The molecule has 13 heavy (non-hydrogen) atoms. The molecule has 0 aliphatic heterocycles. The normalized spacial score (nSPS) is 9.77. The minimum absolute atomic E-state index is 0.0122. The van der Waals surface area contributed by atoms with Gasteiger partial charge in [-0.05, 0) is 34.1 Å². The lowest BCUT2D eigenvalue weighted by atomic mass is 10.1. The second-order valence-corrected chi connectivity index (χ2v) is 4.08. The summed E-state index contributed by atoms with van der Waals surface area (Å²) in [4.78, 5) is 11.2. The van der Waals surface area contributed by atoms with Gasteiger partial charge >= 0.3 is 0 Å². The molecule has 0 spiro atoms. The van der Waals surface area contributed by atoms with Crippen molar-refractivity contribution in [2.75, 3.05) is 0 Å². The number of carbonyl (C=O) groups is 1. The Morgan fingerprint density at radius 2 is 2.08 bits per heavy atom. The summed E-state index contributed by atoms with van der Waals surface area (Å²) < 4.78 is 14.2. The van der Waals surface area contributed by atoms with Gasteiger partial charge in [0, 0.05) is 8.95 Å². The maximum atomic E-state index is 13.2. The van der Waals surface area contributed by atoms with Crippen LogP contribution in [-0.2, 0) is 0 Å². The summed E-state index contributed by atoms with van der Waals surface area (Å²) in [6.45, 7) is 3.29. The molecule has 0 fully saturated rings. The summed E-state index contributed by atoms with van der Waals surface area (Å²) in [5.41, 5.74) is 0.0122. The first-order chi connectivity index (χ1) is 6.06. The van der Waals surface area contributed by atoms with Crippen molar-refractivity contribution in [3.63, 3.8) is 0 Å². The molecule has 0 aromatic heterocycles. The van der Waals surface area contributed by atoms with Crippen LogP contribution in [0.2, 0.25) is 0 Å². The van der Waals surface area contributed by atoms with Gasteiger partial charge in [0.05, 0.1) is 5.56 Å². The van der Waals surface area contributed by atoms with Crippen molar-refractivity contribution in [3.8, 4) is 0 Å². The number of hydrogen-bond donors (Lipinski definition) is 0. The molecule has 0 N–H and O–H groups in total. The molecular formula is C9H5Br2FO. The zero-order valence-electron chi connectivity index (χ0n) is 6.48. The van der Waals surface area contributed by atoms with Gasteiger partial charge in [0.15, 0.2) is 5.78 Å². The number of carbonyl (C=O) groups excluding carboxylic acids is 1. The molecule has 0 saturated carbocycles. The molecule has 1 aromatic rings. The second kappa shape index (κ2) is 4.15. The molecule has 68 valence electrons. The zero-order valence-corrected chi connectivity index (χ0v) is 9.65. The van der Waals surface area contributed by atoms with Crippen LogP contribution in [0.15, 0.2) is 33.7 Å². The van der Waals surface area contributed by atoms with Gasteiger partial charge in [-0.25, -0.2) is 4.39 Å². The predicted molar refractivity (Wildman–Crippen MR) is 56.3 cm³/mol. The largest absolute Gasteiger partial charge is 0.289 e. The van der Waals surface area contributed by atoms with Gasteiger partial charge in [-0.15, -0.1) is 0 Å². The standard InChI is InChI=1S/C9H5Br2FO/c1-2-8(13)9-6(11)3-5(10)4-7(9)12/h2-4H,1H2. The molecule has 0 amide bonds. The quantitative estimate of drug-likeness (QED) is 0.601. The van der Waals surface area contributed by atoms with Crippen molar-refractivity contribution in [2.24, 2.45) is 0 Å². The SMILES string of the molecule is C=CC(=O)c1c(F)cc(Br)cc1Br. The van der Waals surface area contributed by atoms with Gasteiger partial charge in [-0.3, -0.25) is 4.79 Å². The molecule has 0 saturated heterocycles. The summed E-state index contributed by atoms with van der Waals surface area (Å²) >= 11 is 6.21. The molecule has 0 radical (unpaired) electrons. The molecule has 0 aliphatic rings. The number of allylic oxidation sites excluding steroid dienone is 1. The van der Waals surface area contributed by atoms with Crippen LogP contribution >= 0.6 is 31.9 Å². The lowest BCUT2D eigenvalue weighted by Crippen LogP contribution is -1.99. The molecule has 0 bridgehead atoms. The van der Waals surface area contributed by atoms with Gasteiger partial charge in [-0.2, -0.15) is 0 Å². The lowest BCUT2D eigenvalue weighted by Gasteiger charge is -2.02. The van der Waals surface area contributed by atoms with Gasteiger partial charge in [-0.1, -0.05) is 22.5 Å². The van der Waals surface area contributed by atoms with Crippen LogP contribution in [0.5, 0.6) is 0 Å². The van der Waals surface area contributed by atoms with E-state index in [9.17, 15) is 9.18 Å². The van der Waals surface area contributed by atoms with Gasteiger partial charge in [0.25, 0.3) is 0 Å². The van der Waals surface area contributed by atoms with Crippen LogP contribution in [-0.4, -0.2) is 5.78 Å². The van der Waals surface area contributed by atoms with E-state index in [-0.39, 0.29) is 5.56 Å². The smallest absolute Gasteiger partial charge is 0.189 e. The van der Waals surface area contributed by atoms with Crippen molar-refractivity contribution in [3.05, 3.63) is 45.1 Å². The highest BCUT2D eigenvalue weighted by Gasteiger charge is 2.13. The first kappa shape index (κ1) is 10.6.